The van der Waals surface area contributed by atoms with E-state index in [-0.39, 0.29) is 24.4 Å². The Kier molecular flexibility index (Phi) is 9.00. The van der Waals surface area contributed by atoms with E-state index in [4.69, 9.17) is 4.74 Å². The van der Waals surface area contributed by atoms with Crippen molar-refractivity contribution in [3.63, 3.8) is 0 Å². The molecule has 1 aromatic carbocycles. The Morgan fingerprint density at radius 1 is 1.32 bits per heavy atom. The number of nitrogens with one attached hydrogen (secondary N) is 2. The van der Waals surface area contributed by atoms with Crippen molar-refractivity contribution in [3.8, 4) is 5.75 Å². The second-order valence-corrected chi connectivity index (χ2v) is 4.10. The van der Waals surface area contributed by atoms with Crippen LogP contribution in [-0.2, 0) is 0 Å². The van der Waals surface area contributed by atoms with Crippen LogP contribution in [0.2, 0.25) is 0 Å². The maximum absolute atomic E-state index is 12.0. The summed E-state index contributed by atoms with van der Waals surface area (Å²) < 4.78 is 5.44. The Morgan fingerprint density at radius 2 is 2.00 bits per heavy atom. The van der Waals surface area contributed by atoms with Gasteiger partial charge in [0.15, 0.2) is 0 Å². The molecule has 19 heavy (non-hydrogen) atoms. The molecule has 0 fully saturated rings. The molecule has 1 rings (SSSR count). The summed E-state index contributed by atoms with van der Waals surface area (Å²) in [7, 11) is 0. The molecule has 0 aliphatic rings. The number of benzene rings is 1. The van der Waals surface area contributed by atoms with E-state index in [1.54, 1.807) is 6.07 Å². The minimum Gasteiger partial charge on any atom is -0.493 e. The number of ether oxygens (including phenoxy) is 1. The molecule has 2 N–H and O–H groups in total. The fraction of sp³-hybridized carbons (Fsp3) is 0.500. The maximum atomic E-state index is 12.0. The van der Waals surface area contributed by atoms with Crippen LogP contribution in [0.3, 0.4) is 0 Å². The number of hydrogen-bond donors (Lipinski definition) is 2. The summed E-state index contributed by atoms with van der Waals surface area (Å²) in [4.78, 5) is 12.0. The van der Waals surface area contributed by atoms with Crippen LogP contribution in [0.5, 0.6) is 5.75 Å². The third-order valence-corrected chi connectivity index (χ3v) is 2.55. The van der Waals surface area contributed by atoms with E-state index in [0.29, 0.717) is 24.5 Å². The molecule has 0 bridgehead atoms. The number of carbonyl (C=O) groups excluding carboxylic acids is 1. The Hall–Kier alpha value is -1.26. The zero-order chi connectivity index (χ0) is 13.4. The molecule has 0 aliphatic carbocycles. The molecule has 1 amide bonds. The molecular weight excluding hydrogens is 264 g/mol. The summed E-state index contributed by atoms with van der Waals surface area (Å²) in [6, 6.07) is 7.55. The van der Waals surface area contributed by atoms with E-state index >= 15 is 0 Å². The van der Waals surface area contributed by atoms with Crippen LogP contribution in [0.25, 0.3) is 0 Å². The first-order chi connectivity index (χ1) is 8.69. The Labute approximate surface area is 121 Å². The fourth-order valence-electron chi connectivity index (χ4n) is 1.70. The molecule has 0 aliphatic heterocycles. The van der Waals surface area contributed by atoms with Gasteiger partial charge in [0.1, 0.15) is 5.75 Å². The monoisotopic (exact) mass is 286 g/mol. The largest absolute Gasteiger partial charge is 0.493 e. The Morgan fingerprint density at radius 3 is 2.63 bits per heavy atom. The van der Waals surface area contributed by atoms with Gasteiger partial charge in [-0.2, -0.15) is 0 Å². The van der Waals surface area contributed by atoms with Gasteiger partial charge >= 0.3 is 0 Å². The highest BCUT2D eigenvalue weighted by molar-refractivity contribution is 5.96. The van der Waals surface area contributed by atoms with Crippen LogP contribution in [0, 0.1) is 0 Å². The SMILES string of the molecule is CCN[C@H](C)CNC(=O)c1ccccc1OCC.Cl. The first kappa shape index (κ1) is 17.7. The Balaban J connectivity index is 0.00000324. The molecule has 0 heterocycles. The summed E-state index contributed by atoms with van der Waals surface area (Å²) >= 11 is 0. The van der Waals surface area contributed by atoms with Gasteiger partial charge < -0.3 is 15.4 Å². The number of carbonyl (C=O) groups is 1. The van der Waals surface area contributed by atoms with Crippen molar-refractivity contribution in [2.75, 3.05) is 19.7 Å². The van der Waals surface area contributed by atoms with Gasteiger partial charge in [-0.3, -0.25) is 4.79 Å². The lowest BCUT2D eigenvalue weighted by molar-refractivity contribution is 0.0946. The Bertz CT molecular complexity index is 385. The van der Waals surface area contributed by atoms with Crippen molar-refractivity contribution < 1.29 is 9.53 Å². The van der Waals surface area contributed by atoms with Crippen LogP contribution in [0.1, 0.15) is 31.1 Å². The fourth-order valence-corrected chi connectivity index (χ4v) is 1.70. The molecule has 0 saturated heterocycles. The zero-order valence-corrected chi connectivity index (χ0v) is 12.5. The lowest BCUT2D eigenvalue weighted by atomic mass is 10.2. The third kappa shape index (κ3) is 5.94. The number of halogens is 1. The van der Waals surface area contributed by atoms with E-state index in [1.807, 2.05) is 39.0 Å². The number of rotatable bonds is 7. The van der Waals surface area contributed by atoms with Gasteiger partial charge in [0.05, 0.1) is 12.2 Å². The molecule has 4 nitrogen and oxygen atoms in total. The maximum Gasteiger partial charge on any atom is 0.255 e. The van der Waals surface area contributed by atoms with Crippen LogP contribution >= 0.6 is 12.4 Å². The van der Waals surface area contributed by atoms with Crippen molar-refractivity contribution in [3.05, 3.63) is 29.8 Å². The van der Waals surface area contributed by atoms with E-state index in [1.165, 1.54) is 0 Å². The quantitative estimate of drug-likeness (QED) is 0.808. The van der Waals surface area contributed by atoms with Gasteiger partial charge in [0.25, 0.3) is 5.91 Å². The van der Waals surface area contributed by atoms with Crippen molar-refractivity contribution in [2.24, 2.45) is 0 Å². The molecule has 108 valence electrons. The van der Waals surface area contributed by atoms with Crippen molar-refractivity contribution >= 4 is 18.3 Å². The van der Waals surface area contributed by atoms with Crippen molar-refractivity contribution in [2.45, 2.75) is 26.8 Å². The number of likely N-dealkylation sites (N-methyl/N-ethyl adjacent to an activating group) is 1. The van der Waals surface area contributed by atoms with E-state index in [0.717, 1.165) is 6.54 Å². The first-order valence-electron chi connectivity index (χ1n) is 6.42. The van der Waals surface area contributed by atoms with Crippen LogP contribution in [0.4, 0.5) is 0 Å². The van der Waals surface area contributed by atoms with Gasteiger partial charge in [0, 0.05) is 12.6 Å². The average molecular weight is 287 g/mol. The number of para-hydroxylation sites is 1. The van der Waals surface area contributed by atoms with Crippen LogP contribution in [-0.4, -0.2) is 31.6 Å². The van der Waals surface area contributed by atoms with E-state index < -0.39 is 0 Å². The highest BCUT2D eigenvalue weighted by atomic mass is 35.5. The summed E-state index contributed by atoms with van der Waals surface area (Å²) in [5.41, 5.74) is 0.586. The van der Waals surface area contributed by atoms with Crippen LogP contribution in [0.15, 0.2) is 24.3 Å². The summed E-state index contributed by atoms with van der Waals surface area (Å²) in [6.07, 6.45) is 0. The van der Waals surface area contributed by atoms with Gasteiger partial charge in [-0.15, -0.1) is 12.4 Å². The molecule has 5 heteroatoms. The topological polar surface area (TPSA) is 50.4 Å². The normalized spacial score (nSPS) is 11.3. The smallest absolute Gasteiger partial charge is 0.255 e. The predicted octanol–water partition coefficient (Wildman–Crippen LogP) is 2.23. The molecule has 0 spiro atoms. The zero-order valence-electron chi connectivity index (χ0n) is 11.7. The number of hydrogen-bond acceptors (Lipinski definition) is 3. The molecular formula is C14H23ClN2O2. The minimum atomic E-state index is -0.0937. The summed E-state index contributed by atoms with van der Waals surface area (Å²) in [6.45, 7) is 8.04. The molecule has 0 radical (unpaired) electrons. The molecule has 0 unspecified atom stereocenters. The van der Waals surface area contributed by atoms with Gasteiger partial charge in [-0.1, -0.05) is 19.1 Å². The first-order valence-corrected chi connectivity index (χ1v) is 6.42. The van der Waals surface area contributed by atoms with E-state index in [2.05, 4.69) is 10.6 Å². The van der Waals surface area contributed by atoms with Crippen molar-refractivity contribution in [1.82, 2.24) is 10.6 Å². The van der Waals surface area contributed by atoms with Gasteiger partial charge in [-0.05, 0) is 32.5 Å². The molecule has 0 aromatic heterocycles. The van der Waals surface area contributed by atoms with Gasteiger partial charge in [-0.25, -0.2) is 0 Å². The predicted molar refractivity (Wildman–Crippen MR) is 80.3 cm³/mol. The standard InChI is InChI=1S/C14H22N2O2.ClH/c1-4-15-11(3)10-16-14(17)12-8-6-7-9-13(12)18-5-2;/h6-9,11,15H,4-5,10H2,1-3H3,(H,16,17);1H/t11-;/m1./s1. The average Bonchev–Trinajstić information content (AvgIpc) is 2.37. The number of amides is 1. The summed E-state index contributed by atoms with van der Waals surface area (Å²) in [5, 5.41) is 6.15. The second kappa shape index (κ2) is 9.64. The lowest BCUT2D eigenvalue weighted by Gasteiger charge is -2.14. The van der Waals surface area contributed by atoms with E-state index in [9.17, 15) is 4.79 Å². The minimum absolute atomic E-state index is 0. The highest BCUT2D eigenvalue weighted by Gasteiger charge is 2.12. The molecule has 1 atom stereocenters. The van der Waals surface area contributed by atoms with Crippen molar-refractivity contribution in [1.29, 1.82) is 0 Å². The summed E-state index contributed by atoms with van der Waals surface area (Å²) in [5.74, 6) is 0.539. The highest BCUT2D eigenvalue weighted by Crippen LogP contribution is 2.17. The third-order valence-electron chi connectivity index (χ3n) is 2.55. The second-order valence-electron chi connectivity index (χ2n) is 4.10. The van der Waals surface area contributed by atoms with Crippen LogP contribution < -0.4 is 15.4 Å². The van der Waals surface area contributed by atoms with Gasteiger partial charge in [0.2, 0.25) is 0 Å². The molecule has 0 saturated carbocycles. The lowest BCUT2D eigenvalue weighted by Crippen LogP contribution is -2.38. The molecule has 1 aromatic rings.